The van der Waals surface area contributed by atoms with Gasteiger partial charge in [-0.1, -0.05) is 30.3 Å². The summed E-state index contributed by atoms with van der Waals surface area (Å²) in [7, 11) is 0. The number of rotatable bonds is 7. The fourth-order valence-electron chi connectivity index (χ4n) is 2.18. The summed E-state index contributed by atoms with van der Waals surface area (Å²) in [5, 5.41) is 5.54. The summed E-state index contributed by atoms with van der Waals surface area (Å²) in [5.74, 6) is 0. The third-order valence-electron chi connectivity index (χ3n) is 3.43. The van der Waals surface area contributed by atoms with Crippen LogP contribution >= 0.6 is 0 Å². The molecule has 0 radical (unpaired) electrons. The molecular formula is C17H22N4O2. The lowest BCUT2D eigenvalue weighted by Gasteiger charge is -2.09. The quantitative estimate of drug-likeness (QED) is 0.760. The Balaban J connectivity index is 1.61. The topological polar surface area (TPSA) is 76.0 Å². The van der Waals surface area contributed by atoms with Crippen LogP contribution in [0.5, 0.6) is 0 Å². The highest BCUT2D eigenvalue weighted by Gasteiger charge is 2.01. The average Bonchev–Trinajstić information content (AvgIpc) is 2.55. The van der Waals surface area contributed by atoms with E-state index in [1.165, 1.54) is 22.5 Å². The van der Waals surface area contributed by atoms with Crippen molar-refractivity contribution >= 4 is 6.03 Å². The number of aryl methyl sites for hydroxylation is 2. The van der Waals surface area contributed by atoms with E-state index in [9.17, 15) is 9.59 Å². The highest BCUT2D eigenvalue weighted by Crippen LogP contribution is 2.01. The molecule has 1 aromatic carbocycles. The van der Waals surface area contributed by atoms with Crippen molar-refractivity contribution in [2.24, 2.45) is 0 Å². The molecule has 0 aliphatic heterocycles. The zero-order valence-corrected chi connectivity index (χ0v) is 13.3. The standard InChI is InChI=1S/C17H22N4O2/c1-14-12-16(22)21(13-20-14)11-10-19-17(23)18-9-5-8-15-6-3-2-4-7-15/h2-4,6-7,12-13H,5,8-11H2,1H3,(H2,18,19,23). The molecule has 1 aromatic heterocycles. The first-order valence-electron chi connectivity index (χ1n) is 7.74. The molecule has 0 spiro atoms. The minimum atomic E-state index is -0.216. The molecule has 2 amide bonds. The molecule has 0 aliphatic carbocycles. The predicted octanol–water partition coefficient (Wildman–Crippen LogP) is 1.48. The van der Waals surface area contributed by atoms with Gasteiger partial charge in [0.1, 0.15) is 0 Å². The molecular weight excluding hydrogens is 292 g/mol. The van der Waals surface area contributed by atoms with Crippen molar-refractivity contribution in [1.29, 1.82) is 0 Å². The van der Waals surface area contributed by atoms with Crippen LogP contribution in [0.2, 0.25) is 0 Å². The zero-order chi connectivity index (χ0) is 16.5. The summed E-state index contributed by atoms with van der Waals surface area (Å²) in [5.41, 5.74) is 1.85. The average molecular weight is 314 g/mol. The molecule has 0 bridgehead atoms. The van der Waals surface area contributed by atoms with E-state index in [-0.39, 0.29) is 11.6 Å². The van der Waals surface area contributed by atoms with Gasteiger partial charge in [0.15, 0.2) is 0 Å². The Labute approximate surface area is 135 Å². The first kappa shape index (κ1) is 16.7. The lowest BCUT2D eigenvalue weighted by Crippen LogP contribution is -2.38. The number of aromatic nitrogens is 2. The predicted molar refractivity (Wildman–Crippen MR) is 89.4 cm³/mol. The molecule has 0 saturated heterocycles. The zero-order valence-electron chi connectivity index (χ0n) is 13.3. The lowest BCUT2D eigenvalue weighted by molar-refractivity contribution is 0.240. The molecule has 2 rings (SSSR count). The fraction of sp³-hybridized carbons (Fsp3) is 0.353. The molecule has 6 heteroatoms. The van der Waals surface area contributed by atoms with E-state index in [1.54, 1.807) is 6.92 Å². The van der Waals surface area contributed by atoms with Crippen molar-refractivity contribution in [2.45, 2.75) is 26.3 Å². The molecule has 0 fully saturated rings. The molecule has 0 unspecified atom stereocenters. The number of benzene rings is 1. The maximum absolute atomic E-state index is 11.7. The molecule has 1 heterocycles. The third kappa shape index (κ3) is 5.94. The molecule has 122 valence electrons. The van der Waals surface area contributed by atoms with Gasteiger partial charge in [-0.3, -0.25) is 9.36 Å². The van der Waals surface area contributed by atoms with Gasteiger partial charge in [0.2, 0.25) is 0 Å². The third-order valence-corrected chi connectivity index (χ3v) is 3.43. The summed E-state index contributed by atoms with van der Waals surface area (Å²) in [6.45, 7) is 3.18. The number of urea groups is 1. The molecule has 0 aliphatic rings. The van der Waals surface area contributed by atoms with Crippen molar-refractivity contribution in [1.82, 2.24) is 20.2 Å². The Hall–Kier alpha value is -2.63. The van der Waals surface area contributed by atoms with E-state index in [0.717, 1.165) is 12.8 Å². The van der Waals surface area contributed by atoms with Crippen LogP contribution in [0.3, 0.4) is 0 Å². The van der Waals surface area contributed by atoms with E-state index in [2.05, 4.69) is 27.8 Å². The van der Waals surface area contributed by atoms with Gasteiger partial charge in [-0.25, -0.2) is 9.78 Å². The van der Waals surface area contributed by atoms with Crippen molar-refractivity contribution in [3.8, 4) is 0 Å². The molecule has 2 aromatic rings. The first-order valence-corrected chi connectivity index (χ1v) is 7.74. The van der Waals surface area contributed by atoms with Gasteiger partial charge < -0.3 is 10.6 Å². The number of nitrogens with zero attached hydrogens (tertiary/aromatic N) is 2. The minimum Gasteiger partial charge on any atom is -0.338 e. The Bertz CT molecular complexity index is 682. The van der Waals surface area contributed by atoms with Crippen LogP contribution in [-0.4, -0.2) is 28.7 Å². The largest absolute Gasteiger partial charge is 0.338 e. The maximum Gasteiger partial charge on any atom is 0.314 e. The van der Waals surface area contributed by atoms with Gasteiger partial charge >= 0.3 is 6.03 Å². The SMILES string of the molecule is Cc1cc(=O)n(CCNC(=O)NCCCc2ccccc2)cn1. The summed E-state index contributed by atoms with van der Waals surface area (Å²) >= 11 is 0. The second kappa shape index (κ2) is 8.73. The maximum atomic E-state index is 11.7. The van der Waals surface area contributed by atoms with Crippen LogP contribution in [0.15, 0.2) is 47.5 Å². The van der Waals surface area contributed by atoms with Crippen LogP contribution in [0.4, 0.5) is 4.79 Å². The van der Waals surface area contributed by atoms with Gasteiger partial charge in [-0.15, -0.1) is 0 Å². The number of carbonyl (C=O) groups is 1. The van der Waals surface area contributed by atoms with Crippen LogP contribution < -0.4 is 16.2 Å². The van der Waals surface area contributed by atoms with E-state index in [4.69, 9.17) is 0 Å². The molecule has 0 atom stereocenters. The van der Waals surface area contributed by atoms with Crippen LogP contribution in [0.25, 0.3) is 0 Å². The highest BCUT2D eigenvalue weighted by molar-refractivity contribution is 5.73. The Morgan fingerprint density at radius 2 is 1.91 bits per heavy atom. The molecule has 6 nitrogen and oxygen atoms in total. The Morgan fingerprint density at radius 3 is 2.65 bits per heavy atom. The highest BCUT2D eigenvalue weighted by atomic mass is 16.2. The number of nitrogens with one attached hydrogen (secondary N) is 2. The van der Waals surface area contributed by atoms with Crippen LogP contribution in [0, 0.1) is 6.92 Å². The second-order valence-corrected chi connectivity index (χ2v) is 5.33. The number of carbonyl (C=O) groups excluding carboxylic acids is 1. The van der Waals surface area contributed by atoms with E-state index in [1.807, 2.05) is 18.2 Å². The summed E-state index contributed by atoms with van der Waals surface area (Å²) in [4.78, 5) is 27.4. The van der Waals surface area contributed by atoms with E-state index >= 15 is 0 Å². The minimum absolute atomic E-state index is 0.109. The second-order valence-electron chi connectivity index (χ2n) is 5.33. The fourth-order valence-corrected chi connectivity index (χ4v) is 2.18. The summed E-state index contributed by atoms with van der Waals surface area (Å²) < 4.78 is 1.47. The van der Waals surface area contributed by atoms with Crippen molar-refractivity contribution in [2.75, 3.05) is 13.1 Å². The van der Waals surface area contributed by atoms with Crippen molar-refractivity contribution in [3.05, 3.63) is 64.3 Å². The first-order chi connectivity index (χ1) is 11.1. The smallest absolute Gasteiger partial charge is 0.314 e. The Morgan fingerprint density at radius 1 is 1.17 bits per heavy atom. The number of hydrogen-bond donors (Lipinski definition) is 2. The molecule has 0 saturated carbocycles. The van der Waals surface area contributed by atoms with Gasteiger partial charge in [0, 0.05) is 31.4 Å². The lowest BCUT2D eigenvalue weighted by atomic mass is 10.1. The van der Waals surface area contributed by atoms with Gasteiger partial charge in [0.25, 0.3) is 5.56 Å². The monoisotopic (exact) mass is 314 g/mol. The van der Waals surface area contributed by atoms with Crippen LogP contribution in [-0.2, 0) is 13.0 Å². The van der Waals surface area contributed by atoms with Gasteiger partial charge in [-0.2, -0.15) is 0 Å². The van der Waals surface area contributed by atoms with Gasteiger partial charge in [0.05, 0.1) is 6.33 Å². The van der Waals surface area contributed by atoms with E-state index in [0.29, 0.717) is 25.3 Å². The molecule has 2 N–H and O–H groups in total. The van der Waals surface area contributed by atoms with Crippen molar-refractivity contribution < 1.29 is 4.79 Å². The normalized spacial score (nSPS) is 10.3. The Kier molecular flexibility index (Phi) is 6.35. The van der Waals surface area contributed by atoms with E-state index < -0.39 is 0 Å². The summed E-state index contributed by atoms with van der Waals surface area (Å²) in [6, 6.07) is 11.4. The molecule has 23 heavy (non-hydrogen) atoms. The summed E-state index contributed by atoms with van der Waals surface area (Å²) in [6.07, 6.45) is 3.32. The van der Waals surface area contributed by atoms with Crippen molar-refractivity contribution in [3.63, 3.8) is 0 Å². The number of hydrogen-bond acceptors (Lipinski definition) is 3. The van der Waals surface area contributed by atoms with Crippen LogP contribution in [0.1, 0.15) is 17.7 Å². The van der Waals surface area contributed by atoms with Gasteiger partial charge in [-0.05, 0) is 25.3 Å². The number of amides is 2.